The number of hydrogen-bond donors (Lipinski definition) is 1. The molecule has 0 radical (unpaired) electrons. The van der Waals surface area contributed by atoms with Crippen molar-refractivity contribution in [2.45, 2.75) is 34.9 Å². The second-order valence-electron chi connectivity index (χ2n) is 12.6. The fraction of sp³-hybridized carbons (Fsp3) is 0.375. The topological polar surface area (TPSA) is 185 Å². The summed E-state index contributed by atoms with van der Waals surface area (Å²) in [5.74, 6) is -7.70. The Morgan fingerprint density at radius 2 is 1.67 bits per heavy atom. The molecule has 2 saturated heterocycles. The SMILES string of the molecule is C=CCc1cccc(C2C3=CCC4C(=O)N(c5cc([N+](=O)[O-])c(N(C)C)c([N+](=O)[O-])c5)C(=O)C4C3CC3(Cl)C(=O)N(C)C(=O)C23Cl)c1O. The van der Waals surface area contributed by atoms with Gasteiger partial charge in [0.25, 0.3) is 11.8 Å². The molecule has 250 valence electrons. The number of rotatable bonds is 7. The Morgan fingerprint density at radius 1 is 1.04 bits per heavy atom. The number of hydrogen-bond acceptors (Lipinski definition) is 10. The third-order valence-electron chi connectivity index (χ3n) is 9.99. The van der Waals surface area contributed by atoms with E-state index in [1.807, 2.05) is 0 Å². The summed E-state index contributed by atoms with van der Waals surface area (Å²) in [6.07, 6.45) is 3.16. The van der Waals surface area contributed by atoms with Gasteiger partial charge in [-0.05, 0) is 30.7 Å². The highest BCUT2D eigenvalue weighted by Gasteiger charge is 2.76. The number of anilines is 2. The molecule has 6 atom stereocenters. The molecule has 4 aliphatic rings. The summed E-state index contributed by atoms with van der Waals surface area (Å²) in [5.41, 5.74) is -0.962. The number of aromatic hydroxyl groups is 1. The molecule has 48 heavy (non-hydrogen) atoms. The number of phenols is 1. The maximum absolute atomic E-state index is 14.4. The van der Waals surface area contributed by atoms with Gasteiger partial charge in [-0.15, -0.1) is 29.8 Å². The Balaban J connectivity index is 1.52. The third kappa shape index (κ3) is 4.24. The molecule has 4 amide bonds. The van der Waals surface area contributed by atoms with Crippen LogP contribution in [0.15, 0.2) is 54.6 Å². The number of alkyl halides is 2. The van der Waals surface area contributed by atoms with E-state index in [9.17, 15) is 44.5 Å². The fourth-order valence-corrected chi connectivity index (χ4v) is 8.98. The lowest BCUT2D eigenvalue weighted by Crippen LogP contribution is -2.60. The van der Waals surface area contributed by atoms with E-state index < -0.39 is 78.3 Å². The second-order valence-corrected chi connectivity index (χ2v) is 13.8. The highest BCUT2D eigenvalue weighted by atomic mass is 35.5. The third-order valence-corrected chi connectivity index (χ3v) is 11.4. The molecule has 2 heterocycles. The number of halogens is 2. The molecule has 2 aliphatic carbocycles. The highest BCUT2D eigenvalue weighted by molar-refractivity contribution is 6.53. The maximum atomic E-state index is 14.4. The number of benzene rings is 2. The second kappa shape index (κ2) is 11.1. The summed E-state index contributed by atoms with van der Waals surface area (Å²) < 4.78 is 0. The number of allylic oxidation sites excluding steroid dienone is 3. The van der Waals surface area contributed by atoms with E-state index in [0.29, 0.717) is 16.0 Å². The van der Waals surface area contributed by atoms with Crippen LogP contribution in [-0.4, -0.2) is 74.4 Å². The zero-order chi connectivity index (χ0) is 35.2. The Kier molecular flexibility index (Phi) is 7.67. The molecule has 0 aromatic heterocycles. The molecule has 6 unspecified atom stereocenters. The zero-order valence-corrected chi connectivity index (χ0v) is 27.4. The van der Waals surface area contributed by atoms with Gasteiger partial charge in [-0.2, -0.15) is 0 Å². The van der Waals surface area contributed by atoms with Gasteiger partial charge in [-0.3, -0.25) is 44.3 Å². The minimum absolute atomic E-state index is 0.0264. The van der Waals surface area contributed by atoms with Gasteiger partial charge in [0.1, 0.15) is 5.75 Å². The van der Waals surface area contributed by atoms with Gasteiger partial charge in [0.05, 0.1) is 27.4 Å². The number of nitro groups is 2. The smallest absolute Gasteiger partial charge is 0.301 e. The molecule has 2 aromatic carbocycles. The highest BCUT2D eigenvalue weighted by Crippen LogP contribution is 2.66. The Labute approximate surface area is 283 Å². The molecule has 0 spiro atoms. The van der Waals surface area contributed by atoms with E-state index >= 15 is 0 Å². The van der Waals surface area contributed by atoms with Crippen LogP contribution in [0.2, 0.25) is 0 Å². The van der Waals surface area contributed by atoms with Gasteiger partial charge < -0.3 is 10.0 Å². The van der Waals surface area contributed by atoms with Gasteiger partial charge in [0, 0.05) is 44.8 Å². The number of likely N-dealkylation sites (tertiary alicyclic amines) is 1. The predicted octanol–water partition coefficient (Wildman–Crippen LogP) is 4.20. The van der Waals surface area contributed by atoms with Crippen molar-refractivity contribution in [3.05, 3.63) is 86.0 Å². The van der Waals surface area contributed by atoms with Gasteiger partial charge in [0.15, 0.2) is 15.4 Å². The summed E-state index contributed by atoms with van der Waals surface area (Å²) in [7, 11) is 4.02. The van der Waals surface area contributed by atoms with Crippen molar-refractivity contribution >= 4 is 69.6 Å². The van der Waals surface area contributed by atoms with E-state index in [1.165, 1.54) is 26.0 Å². The summed E-state index contributed by atoms with van der Waals surface area (Å²) in [6.45, 7) is 3.72. The van der Waals surface area contributed by atoms with Crippen molar-refractivity contribution in [2.24, 2.45) is 17.8 Å². The van der Waals surface area contributed by atoms with Crippen LogP contribution in [-0.2, 0) is 25.6 Å². The number of fused-ring (bicyclic) bond motifs is 4. The Bertz CT molecular complexity index is 1880. The molecule has 2 aliphatic heterocycles. The normalized spacial score (nSPS) is 29.3. The predicted molar refractivity (Wildman–Crippen MR) is 174 cm³/mol. The zero-order valence-electron chi connectivity index (χ0n) is 25.9. The van der Waals surface area contributed by atoms with Crippen molar-refractivity contribution in [3.8, 4) is 5.75 Å². The minimum Gasteiger partial charge on any atom is -0.507 e. The minimum atomic E-state index is -2.12. The van der Waals surface area contributed by atoms with E-state index in [2.05, 4.69) is 6.58 Å². The average molecular weight is 699 g/mol. The molecule has 6 rings (SSSR count). The van der Waals surface area contributed by atoms with Crippen molar-refractivity contribution in [1.82, 2.24) is 4.90 Å². The molecular weight excluding hydrogens is 669 g/mol. The quantitative estimate of drug-likeness (QED) is 0.145. The molecule has 0 bridgehead atoms. The number of nitrogens with zero attached hydrogens (tertiary/aromatic N) is 5. The molecule has 2 aromatic rings. The number of nitro benzene ring substituents is 2. The molecular formula is C32H29Cl2N5O9. The summed E-state index contributed by atoms with van der Waals surface area (Å²) in [5, 5.41) is 35.5. The number of carbonyl (C=O) groups is 4. The summed E-state index contributed by atoms with van der Waals surface area (Å²) in [4.78, 5) is 76.7. The van der Waals surface area contributed by atoms with Crippen LogP contribution in [0.4, 0.5) is 22.7 Å². The van der Waals surface area contributed by atoms with Gasteiger partial charge in [0.2, 0.25) is 11.8 Å². The monoisotopic (exact) mass is 697 g/mol. The van der Waals surface area contributed by atoms with E-state index in [0.717, 1.165) is 17.0 Å². The summed E-state index contributed by atoms with van der Waals surface area (Å²) >= 11 is 14.4. The lowest BCUT2D eigenvalue weighted by molar-refractivity contribution is -0.392. The molecule has 16 heteroatoms. The van der Waals surface area contributed by atoms with Gasteiger partial charge in [-0.25, -0.2) is 4.90 Å². The van der Waals surface area contributed by atoms with Crippen molar-refractivity contribution in [3.63, 3.8) is 0 Å². The molecule has 3 fully saturated rings. The van der Waals surface area contributed by atoms with Crippen LogP contribution in [0.1, 0.15) is 29.9 Å². The Morgan fingerprint density at radius 3 is 2.23 bits per heavy atom. The largest absolute Gasteiger partial charge is 0.507 e. The van der Waals surface area contributed by atoms with Crippen molar-refractivity contribution < 1.29 is 34.1 Å². The van der Waals surface area contributed by atoms with E-state index in [4.69, 9.17) is 23.2 Å². The molecule has 14 nitrogen and oxygen atoms in total. The first kappa shape index (κ1) is 33.1. The molecule has 1 saturated carbocycles. The first-order chi connectivity index (χ1) is 22.5. The van der Waals surface area contributed by atoms with Crippen molar-refractivity contribution in [1.29, 1.82) is 0 Å². The van der Waals surface area contributed by atoms with Crippen LogP contribution in [0, 0.1) is 38.0 Å². The summed E-state index contributed by atoms with van der Waals surface area (Å²) in [6, 6.07) is 6.74. The standard InChI is InChI=1S/C32H29Cl2N5O9/c1-5-7-15-8-6-9-19(26(15)40)24-17-10-11-18-23(20(17)14-31(33)29(43)36(4)30(44)32(24,31)34)28(42)37(27(18)41)16-12-21(38(45)46)25(35(2)3)22(13-16)39(47)48/h5-6,8-10,12-13,18,20,23-24,40H,1,7,11,14H2,2-4H3. The number of para-hydroxylation sites is 1. The lowest BCUT2D eigenvalue weighted by Gasteiger charge is -2.50. The van der Waals surface area contributed by atoms with Gasteiger partial charge in [-0.1, -0.05) is 35.9 Å². The van der Waals surface area contributed by atoms with Crippen LogP contribution in [0.5, 0.6) is 5.75 Å². The van der Waals surface area contributed by atoms with Gasteiger partial charge >= 0.3 is 11.4 Å². The van der Waals surface area contributed by atoms with E-state index in [-0.39, 0.29) is 42.0 Å². The number of amides is 4. The average Bonchev–Trinajstić information content (AvgIpc) is 3.36. The van der Waals surface area contributed by atoms with Crippen LogP contribution in [0.25, 0.3) is 0 Å². The first-order valence-electron chi connectivity index (χ1n) is 14.9. The molecule has 1 N–H and O–H groups in total. The maximum Gasteiger partial charge on any atom is 0.301 e. The van der Waals surface area contributed by atoms with Crippen LogP contribution < -0.4 is 9.80 Å². The first-order valence-corrected chi connectivity index (χ1v) is 15.6. The number of imide groups is 2. The number of carbonyl (C=O) groups excluding carboxylic acids is 4. The number of phenolic OH excluding ortho intramolecular Hbond substituents is 1. The van der Waals surface area contributed by atoms with Crippen LogP contribution in [0.3, 0.4) is 0 Å². The van der Waals surface area contributed by atoms with Crippen molar-refractivity contribution in [2.75, 3.05) is 30.9 Å². The van der Waals surface area contributed by atoms with E-state index in [1.54, 1.807) is 30.4 Å². The van der Waals surface area contributed by atoms with Crippen LogP contribution >= 0.6 is 23.2 Å². The fourth-order valence-electron chi connectivity index (χ4n) is 7.96. The Hall–Kier alpha value is -4.82. The lowest BCUT2D eigenvalue weighted by atomic mass is 9.56.